The van der Waals surface area contributed by atoms with Gasteiger partial charge in [0, 0.05) is 24.7 Å². The number of H-pyrrole nitrogens is 1. The smallest absolute Gasteiger partial charge is 0.243 e. The summed E-state index contributed by atoms with van der Waals surface area (Å²) in [5.74, 6) is 1.20. The topological polar surface area (TPSA) is 93.6 Å². The van der Waals surface area contributed by atoms with Gasteiger partial charge in [-0.25, -0.2) is 4.98 Å². The second-order valence-corrected chi connectivity index (χ2v) is 3.69. The van der Waals surface area contributed by atoms with Gasteiger partial charge in [0.25, 0.3) is 0 Å². The standard InChI is InChI=1S/C10H15N5O/c1-2-3-9-14-10(16-15-9)8(11)4-7-5-12-6-13-7/h5-6,8H,2-4,11H2,1H3,(H,12,13)/t8-/m0/s1. The van der Waals surface area contributed by atoms with Crippen LogP contribution in [0.3, 0.4) is 0 Å². The summed E-state index contributed by atoms with van der Waals surface area (Å²) < 4.78 is 5.11. The maximum Gasteiger partial charge on any atom is 0.243 e. The van der Waals surface area contributed by atoms with Gasteiger partial charge in [0.05, 0.1) is 12.4 Å². The number of aromatic nitrogens is 4. The quantitative estimate of drug-likeness (QED) is 0.785. The number of nitrogens with two attached hydrogens (primary N) is 1. The van der Waals surface area contributed by atoms with Crippen LogP contribution in [0.4, 0.5) is 0 Å². The molecule has 0 saturated heterocycles. The van der Waals surface area contributed by atoms with Crippen molar-refractivity contribution in [3.63, 3.8) is 0 Å². The summed E-state index contributed by atoms with van der Waals surface area (Å²) in [6, 6.07) is -0.279. The van der Waals surface area contributed by atoms with Crippen LogP contribution < -0.4 is 5.73 Å². The Morgan fingerprint density at radius 3 is 3.12 bits per heavy atom. The molecule has 0 bridgehead atoms. The molecule has 0 radical (unpaired) electrons. The molecule has 86 valence electrons. The molecule has 0 fully saturated rings. The lowest BCUT2D eigenvalue weighted by molar-refractivity contribution is 0.349. The molecule has 0 unspecified atom stereocenters. The minimum atomic E-state index is -0.279. The van der Waals surface area contributed by atoms with Gasteiger partial charge in [0.15, 0.2) is 5.82 Å². The fraction of sp³-hybridized carbons (Fsp3) is 0.500. The zero-order valence-electron chi connectivity index (χ0n) is 9.18. The van der Waals surface area contributed by atoms with Crippen molar-refractivity contribution in [1.82, 2.24) is 20.1 Å². The van der Waals surface area contributed by atoms with E-state index in [1.54, 1.807) is 12.5 Å². The fourth-order valence-electron chi connectivity index (χ4n) is 1.46. The molecule has 3 N–H and O–H groups in total. The predicted molar refractivity (Wildman–Crippen MR) is 57.5 cm³/mol. The Balaban J connectivity index is 2.00. The van der Waals surface area contributed by atoms with E-state index in [0.29, 0.717) is 12.3 Å². The van der Waals surface area contributed by atoms with Crippen LogP contribution in [0, 0.1) is 0 Å². The van der Waals surface area contributed by atoms with E-state index in [4.69, 9.17) is 10.3 Å². The number of aryl methyl sites for hydroxylation is 1. The zero-order chi connectivity index (χ0) is 11.4. The van der Waals surface area contributed by atoms with Crippen molar-refractivity contribution in [2.45, 2.75) is 32.2 Å². The van der Waals surface area contributed by atoms with Crippen molar-refractivity contribution in [3.8, 4) is 0 Å². The number of hydrogen-bond donors (Lipinski definition) is 2. The number of hydrogen-bond acceptors (Lipinski definition) is 5. The highest BCUT2D eigenvalue weighted by molar-refractivity contribution is 5.02. The van der Waals surface area contributed by atoms with Gasteiger partial charge in [-0.05, 0) is 6.42 Å². The first-order chi connectivity index (χ1) is 7.79. The minimum absolute atomic E-state index is 0.279. The van der Waals surface area contributed by atoms with Crippen LogP contribution in [0.25, 0.3) is 0 Å². The van der Waals surface area contributed by atoms with Gasteiger partial charge in [0.2, 0.25) is 5.89 Å². The number of imidazole rings is 1. The first kappa shape index (κ1) is 10.8. The third-order valence-corrected chi connectivity index (χ3v) is 2.27. The van der Waals surface area contributed by atoms with Crippen LogP contribution in [-0.2, 0) is 12.8 Å². The average molecular weight is 221 g/mol. The highest BCUT2D eigenvalue weighted by atomic mass is 16.5. The number of nitrogens with zero attached hydrogens (tertiary/aromatic N) is 3. The van der Waals surface area contributed by atoms with Crippen LogP contribution in [0.5, 0.6) is 0 Å². The average Bonchev–Trinajstić information content (AvgIpc) is 2.89. The normalized spacial score (nSPS) is 12.9. The molecule has 0 spiro atoms. The molecule has 2 heterocycles. The Morgan fingerprint density at radius 2 is 2.44 bits per heavy atom. The van der Waals surface area contributed by atoms with E-state index in [1.807, 2.05) is 0 Å². The van der Waals surface area contributed by atoms with E-state index in [1.165, 1.54) is 0 Å². The molecular formula is C10H15N5O. The van der Waals surface area contributed by atoms with Gasteiger partial charge in [-0.2, -0.15) is 4.98 Å². The minimum Gasteiger partial charge on any atom is -0.348 e. The van der Waals surface area contributed by atoms with Crippen LogP contribution in [0.1, 0.15) is 36.8 Å². The van der Waals surface area contributed by atoms with Crippen molar-refractivity contribution in [2.75, 3.05) is 0 Å². The van der Waals surface area contributed by atoms with Crippen molar-refractivity contribution in [1.29, 1.82) is 0 Å². The molecule has 16 heavy (non-hydrogen) atoms. The summed E-state index contributed by atoms with van der Waals surface area (Å²) >= 11 is 0. The molecule has 0 amide bonds. The molecule has 0 aliphatic rings. The largest absolute Gasteiger partial charge is 0.348 e. The Labute approximate surface area is 93.3 Å². The van der Waals surface area contributed by atoms with Gasteiger partial charge in [-0.3, -0.25) is 0 Å². The first-order valence-electron chi connectivity index (χ1n) is 5.35. The molecule has 1 atom stereocenters. The van der Waals surface area contributed by atoms with Gasteiger partial charge in [0.1, 0.15) is 0 Å². The van der Waals surface area contributed by atoms with Crippen LogP contribution in [0.2, 0.25) is 0 Å². The summed E-state index contributed by atoms with van der Waals surface area (Å²) in [7, 11) is 0. The highest BCUT2D eigenvalue weighted by Crippen LogP contribution is 2.12. The van der Waals surface area contributed by atoms with Gasteiger partial charge in [-0.1, -0.05) is 12.1 Å². The number of nitrogens with one attached hydrogen (secondary N) is 1. The summed E-state index contributed by atoms with van der Waals surface area (Å²) in [4.78, 5) is 11.2. The van der Waals surface area contributed by atoms with Crippen LogP contribution in [0.15, 0.2) is 17.0 Å². The molecule has 6 heteroatoms. The number of aromatic amines is 1. The van der Waals surface area contributed by atoms with E-state index in [0.717, 1.165) is 24.4 Å². The highest BCUT2D eigenvalue weighted by Gasteiger charge is 2.15. The lowest BCUT2D eigenvalue weighted by Gasteiger charge is -2.03. The van der Waals surface area contributed by atoms with Crippen LogP contribution in [-0.4, -0.2) is 20.1 Å². The summed E-state index contributed by atoms with van der Waals surface area (Å²) in [5.41, 5.74) is 6.91. The first-order valence-corrected chi connectivity index (χ1v) is 5.35. The van der Waals surface area contributed by atoms with Crippen molar-refractivity contribution >= 4 is 0 Å². The molecule has 0 aliphatic heterocycles. The maximum atomic E-state index is 5.95. The van der Waals surface area contributed by atoms with E-state index < -0.39 is 0 Å². The second kappa shape index (κ2) is 4.89. The Morgan fingerprint density at radius 1 is 1.56 bits per heavy atom. The van der Waals surface area contributed by atoms with E-state index in [9.17, 15) is 0 Å². The van der Waals surface area contributed by atoms with E-state index in [2.05, 4.69) is 27.0 Å². The Kier molecular flexibility index (Phi) is 3.31. The lowest BCUT2D eigenvalue weighted by atomic mass is 10.2. The molecular weight excluding hydrogens is 206 g/mol. The SMILES string of the molecule is CCCc1noc([C@@H](N)Cc2cnc[nH]2)n1. The predicted octanol–water partition coefficient (Wildman–Crippen LogP) is 0.988. The molecule has 0 aromatic carbocycles. The third-order valence-electron chi connectivity index (χ3n) is 2.27. The molecule has 2 aromatic heterocycles. The Bertz CT molecular complexity index is 422. The second-order valence-electron chi connectivity index (χ2n) is 3.69. The molecule has 0 saturated carbocycles. The van der Waals surface area contributed by atoms with Gasteiger partial charge in [-0.15, -0.1) is 0 Å². The summed E-state index contributed by atoms with van der Waals surface area (Å²) in [5, 5.41) is 3.86. The van der Waals surface area contributed by atoms with Crippen molar-refractivity contribution in [2.24, 2.45) is 5.73 Å². The molecule has 6 nitrogen and oxygen atoms in total. The third kappa shape index (κ3) is 2.46. The van der Waals surface area contributed by atoms with Crippen molar-refractivity contribution < 1.29 is 4.52 Å². The van der Waals surface area contributed by atoms with Gasteiger partial charge < -0.3 is 15.2 Å². The molecule has 2 aromatic rings. The van der Waals surface area contributed by atoms with E-state index in [-0.39, 0.29) is 6.04 Å². The fourth-order valence-corrected chi connectivity index (χ4v) is 1.46. The summed E-state index contributed by atoms with van der Waals surface area (Å²) in [6.45, 7) is 2.07. The molecule has 0 aliphatic carbocycles. The van der Waals surface area contributed by atoms with E-state index >= 15 is 0 Å². The van der Waals surface area contributed by atoms with Crippen molar-refractivity contribution in [3.05, 3.63) is 29.9 Å². The summed E-state index contributed by atoms with van der Waals surface area (Å²) in [6.07, 6.45) is 5.80. The maximum absolute atomic E-state index is 5.95. The van der Waals surface area contributed by atoms with Crippen LogP contribution >= 0.6 is 0 Å². The van der Waals surface area contributed by atoms with Gasteiger partial charge >= 0.3 is 0 Å². The molecule has 2 rings (SSSR count). The number of rotatable bonds is 5. The monoisotopic (exact) mass is 221 g/mol. The zero-order valence-corrected chi connectivity index (χ0v) is 9.18. The lowest BCUT2D eigenvalue weighted by Crippen LogP contribution is -2.14. The Hall–Kier alpha value is -1.69.